The van der Waals surface area contributed by atoms with Gasteiger partial charge in [0.15, 0.2) is 0 Å². The van der Waals surface area contributed by atoms with Crippen molar-refractivity contribution in [3.63, 3.8) is 0 Å². The van der Waals surface area contributed by atoms with E-state index in [0.29, 0.717) is 0 Å². The van der Waals surface area contributed by atoms with Crippen molar-refractivity contribution in [2.75, 3.05) is 31.1 Å². The van der Waals surface area contributed by atoms with Crippen molar-refractivity contribution in [3.05, 3.63) is 29.8 Å². The monoisotopic (exact) mass is 301 g/mol. The van der Waals surface area contributed by atoms with Crippen LogP contribution in [0.1, 0.15) is 32.3 Å². The molecule has 0 bridgehead atoms. The molecule has 0 saturated carbocycles. The van der Waals surface area contributed by atoms with E-state index in [9.17, 15) is 4.79 Å². The van der Waals surface area contributed by atoms with E-state index in [1.807, 2.05) is 9.80 Å². The number of anilines is 1. The molecule has 22 heavy (non-hydrogen) atoms. The van der Waals surface area contributed by atoms with Crippen LogP contribution in [-0.4, -0.2) is 43.2 Å². The van der Waals surface area contributed by atoms with E-state index in [1.54, 1.807) is 0 Å². The number of nitrogens with one attached hydrogen (secondary N) is 1. The van der Waals surface area contributed by atoms with Gasteiger partial charge in [-0.2, -0.15) is 0 Å². The summed E-state index contributed by atoms with van der Waals surface area (Å²) >= 11 is 0. The van der Waals surface area contributed by atoms with Crippen LogP contribution >= 0.6 is 0 Å². The fraction of sp³-hybridized carbons (Fsp3) is 0.611. The smallest absolute Gasteiger partial charge is 0.320 e. The van der Waals surface area contributed by atoms with Crippen LogP contribution in [0.15, 0.2) is 24.3 Å². The van der Waals surface area contributed by atoms with Crippen molar-refractivity contribution in [1.29, 1.82) is 0 Å². The van der Waals surface area contributed by atoms with Gasteiger partial charge < -0.3 is 10.2 Å². The number of benzene rings is 1. The van der Waals surface area contributed by atoms with Crippen LogP contribution < -0.4 is 10.2 Å². The van der Waals surface area contributed by atoms with Crippen molar-refractivity contribution in [1.82, 2.24) is 10.2 Å². The normalized spacial score (nSPS) is 20.2. The second kappa shape index (κ2) is 6.69. The minimum atomic E-state index is 0.140. The zero-order valence-corrected chi connectivity index (χ0v) is 13.7. The zero-order chi connectivity index (χ0) is 15.5. The molecule has 1 aromatic carbocycles. The number of hydrogen-bond donors (Lipinski definition) is 1. The Morgan fingerprint density at radius 1 is 1.14 bits per heavy atom. The molecule has 2 fully saturated rings. The summed E-state index contributed by atoms with van der Waals surface area (Å²) in [6, 6.07) is 9.03. The lowest BCUT2D eigenvalue weighted by atomic mass is 9.91. The molecule has 2 aliphatic heterocycles. The van der Waals surface area contributed by atoms with Crippen molar-refractivity contribution < 1.29 is 4.79 Å². The maximum atomic E-state index is 12.4. The number of hydrogen-bond acceptors (Lipinski definition) is 2. The van der Waals surface area contributed by atoms with E-state index in [0.717, 1.165) is 44.2 Å². The highest BCUT2D eigenvalue weighted by molar-refractivity contribution is 5.94. The standard InChI is InChI=1S/C18H27N3O/c1-14(2)20-11-12-21(18(20)22)17-5-3-15(4-6-17)13-16-7-9-19-10-8-16/h3-6,14,16,19H,7-13H2,1-2H3. The van der Waals surface area contributed by atoms with Crippen LogP contribution in [0, 0.1) is 5.92 Å². The molecule has 4 heteroatoms. The quantitative estimate of drug-likeness (QED) is 0.928. The second-order valence-electron chi connectivity index (χ2n) is 6.79. The fourth-order valence-electron chi connectivity index (χ4n) is 3.50. The molecule has 3 rings (SSSR count). The van der Waals surface area contributed by atoms with Crippen molar-refractivity contribution in [2.45, 2.75) is 39.2 Å². The van der Waals surface area contributed by atoms with Crippen molar-refractivity contribution in [2.24, 2.45) is 5.92 Å². The largest absolute Gasteiger partial charge is 0.324 e. The van der Waals surface area contributed by atoms with Gasteiger partial charge in [-0.05, 0) is 69.8 Å². The number of piperidine rings is 1. The number of urea groups is 1. The Morgan fingerprint density at radius 3 is 2.41 bits per heavy atom. The maximum absolute atomic E-state index is 12.4. The summed E-state index contributed by atoms with van der Waals surface area (Å²) in [6.07, 6.45) is 3.71. The molecule has 2 amide bonds. The van der Waals surface area contributed by atoms with Gasteiger partial charge in [-0.15, -0.1) is 0 Å². The van der Waals surface area contributed by atoms with Crippen molar-refractivity contribution in [3.8, 4) is 0 Å². The summed E-state index contributed by atoms with van der Waals surface area (Å²) in [6.45, 7) is 8.07. The summed E-state index contributed by atoms with van der Waals surface area (Å²) in [5, 5.41) is 3.42. The Morgan fingerprint density at radius 2 is 1.82 bits per heavy atom. The second-order valence-corrected chi connectivity index (χ2v) is 6.79. The Balaban J connectivity index is 1.63. The van der Waals surface area contributed by atoms with E-state index < -0.39 is 0 Å². The summed E-state index contributed by atoms with van der Waals surface area (Å²) in [5.41, 5.74) is 2.42. The zero-order valence-electron chi connectivity index (χ0n) is 13.7. The van der Waals surface area contributed by atoms with Gasteiger partial charge in [-0.3, -0.25) is 4.90 Å². The minimum Gasteiger partial charge on any atom is -0.320 e. The fourth-order valence-corrected chi connectivity index (χ4v) is 3.50. The first-order valence-electron chi connectivity index (χ1n) is 8.53. The predicted octanol–water partition coefficient (Wildman–Crippen LogP) is 2.88. The number of carbonyl (C=O) groups is 1. The van der Waals surface area contributed by atoms with E-state index in [-0.39, 0.29) is 12.1 Å². The van der Waals surface area contributed by atoms with Crippen molar-refractivity contribution >= 4 is 11.7 Å². The average Bonchev–Trinajstić information content (AvgIpc) is 2.91. The molecule has 120 valence electrons. The average molecular weight is 301 g/mol. The molecule has 1 N–H and O–H groups in total. The summed E-state index contributed by atoms with van der Waals surface area (Å²) in [5.74, 6) is 0.803. The molecular weight excluding hydrogens is 274 g/mol. The van der Waals surface area contributed by atoms with E-state index in [4.69, 9.17) is 0 Å². The first kappa shape index (κ1) is 15.3. The summed E-state index contributed by atoms with van der Waals surface area (Å²) in [4.78, 5) is 16.2. The minimum absolute atomic E-state index is 0.140. The molecule has 0 aliphatic carbocycles. The molecule has 2 heterocycles. The molecule has 0 radical (unpaired) electrons. The van der Waals surface area contributed by atoms with Gasteiger partial charge in [0.2, 0.25) is 0 Å². The van der Waals surface area contributed by atoms with Gasteiger partial charge in [-0.25, -0.2) is 4.79 Å². The number of carbonyl (C=O) groups excluding carboxylic acids is 1. The van der Waals surface area contributed by atoms with Gasteiger partial charge in [0.05, 0.1) is 0 Å². The lowest BCUT2D eigenvalue weighted by Gasteiger charge is -2.23. The van der Waals surface area contributed by atoms with E-state index in [2.05, 4.69) is 43.4 Å². The van der Waals surface area contributed by atoms with Crippen LogP contribution in [0.5, 0.6) is 0 Å². The van der Waals surface area contributed by atoms with Crippen LogP contribution in [0.3, 0.4) is 0 Å². The molecule has 4 nitrogen and oxygen atoms in total. The van der Waals surface area contributed by atoms with E-state index in [1.165, 1.54) is 18.4 Å². The number of rotatable bonds is 4. The topological polar surface area (TPSA) is 35.6 Å². The third-order valence-electron chi connectivity index (χ3n) is 4.90. The van der Waals surface area contributed by atoms with Gasteiger partial charge in [0, 0.05) is 24.8 Å². The number of amides is 2. The Bertz CT molecular complexity index is 506. The highest BCUT2D eigenvalue weighted by Gasteiger charge is 2.30. The third-order valence-corrected chi connectivity index (χ3v) is 4.90. The van der Waals surface area contributed by atoms with Gasteiger partial charge in [-0.1, -0.05) is 12.1 Å². The predicted molar refractivity (Wildman–Crippen MR) is 90.3 cm³/mol. The van der Waals surface area contributed by atoms with Gasteiger partial charge in [0.25, 0.3) is 0 Å². The van der Waals surface area contributed by atoms with Crippen LogP contribution in [0.2, 0.25) is 0 Å². The molecule has 1 aromatic rings. The van der Waals surface area contributed by atoms with Crippen LogP contribution in [-0.2, 0) is 6.42 Å². The number of nitrogens with zero attached hydrogens (tertiary/aromatic N) is 2. The molecule has 2 saturated heterocycles. The molecule has 0 spiro atoms. The third kappa shape index (κ3) is 3.27. The first-order valence-corrected chi connectivity index (χ1v) is 8.53. The van der Waals surface area contributed by atoms with E-state index >= 15 is 0 Å². The highest BCUT2D eigenvalue weighted by atomic mass is 16.2. The molecule has 2 aliphatic rings. The Labute approximate surface area is 133 Å². The lowest BCUT2D eigenvalue weighted by Crippen LogP contribution is -2.36. The highest BCUT2D eigenvalue weighted by Crippen LogP contribution is 2.24. The Hall–Kier alpha value is -1.55. The Kier molecular flexibility index (Phi) is 4.67. The molecule has 0 unspecified atom stereocenters. The molecular formula is C18H27N3O. The van der Waals surface area contributed by atoms with Gasteiger partial charge >= 0.3 is 6.03 Å². The molecule has 0 atom stereocenters. The van der Waals surface area contributed by atoms with Gasteiger partial charge in [0.1, 0.15) is 0 Å². The molecule has 0 aromatic heterocycles. The van der Waals surface area contributed by atoms with Crippen LogP contribution in [0.25, 0.3) is 0 Å². The SMILES string of the molecule is CC(C)N1CCN(c2ccc(CC3CCNCC3)cc2)C1=O. The first-order chi connectivity index (χ1) is 10.6. The maximum Gasteiger partial charge on any atom is 0.324 e. The lowest BCUT2D eigenvalue weighted by molar-refractivity contribution is 0.209. The summed E-state index contributed by atoms with van der Waals surface area (Å²) in [7, 11) is 0. The summed E-state index contributed by atoms with van der Waals surface area (Å²) < 4.78 is 0. The van der Waals surface area contributed by atoms with Crippen LogP contribution in [0.4, 0.5) is 10.5 Å².